The number of nitrogens with two attached hydrogens (primary N) is 1. The maximum Gasteiger partial charge on any atom is 0.230 e. The summed E-state index contributed by atoms with van der Waals surface area (Å²) in [7, 11) is 0. The molecule has 0 saturated heterocycles. The molecule has 6 nitrogen and oxygen atoms in total. The van der Waals surface area contributed by atoms with Crippen molar-refractivity contribution >= 4 is 28.2 Å². The molecule has 0 radical (unpaired) electrons. The second kappa shape index (κ2) is 7.29. The molecule has 6 heteroatoms. The molecule has 1 aromatic heterocycles. The summed E-state index contributed by atoms with van der Waals surface area (Å²) in [5.41, 5.74) is 9.86. The number of nitriles is 1. The molecule has 28 heavy (non-hydrogen) atoms. The maximum absolute atomic E-state index is 12.2. The molecule has 1 amide bonds. The molecular weight excluding hydrogens is 352 g/mol. The van der Waals surface area contributed by atoms with Crippen LogP contribution in [0.2, 0.25) is 0 Å². The number of carbonyl (C=O) groups is 1. The lowest BCUT2D eigenvalue weighted by Gasteiger charge is -2.12. The highest BCUT2D eigenvalue weighted by Gasteiger charge is 2.43. The fourth-order valence-corrected chi connectivity index (χ4v) is 3.50. The van der Waals surface area contributed by atoms with E-state index >= 15 is 0 Å². The maximum atomic E-state index is 12.2. The topological polar surface area (TPSA) is 112 Å². The summed E-state index contributed by atoms with van der Waals surface area (Å²) in [6.45, 7) is 0.0744. The highest BCUT2D eigenvalue weighted by atomic mass is 16.3. The SMILES string of the molecule is N#C[C@H]1C[C@@H]1C(=O)Nc1cc2cc(-c3ccccc3CCO)cc(N)c2cn1. The molecule has 3 aromatic rings. The Morgan fingerprint density at radius 1 is 1.32 bits per heavy atom. The quantitative estimate of drug-likeness (QED) is 0.596. The molecule has 0 aliphatic heterocycles. The van der Waals surface area contributed by atoms with Gasteiger partial charge in [0.15, 0.2) is 0 Å². The minimum absolute atomic E-state index is 0.0744. The van der Waals surface area contributed by atoms with Crippen LogP contribution in [-0.4, -0.2) is 22.6 Å². The number of aliphatic hydroxyl groups is 1. The summed E-state index contributed by atoms with van der Waals surface area (Å²) in [6, 6.07) is 15.7. The molecule has 1 heterocycles. The van der Waals surface area contributed by atoms with E-state index in [1.807, 2.05) is 36.4 Å². The van der Waals surface area contributed by atoms with Crippen LogP contribution in [0.1, 0.15) is 12.0 Å². The third kappa shape index (κ3) is 3.40. The summed E-state index contributed by atoms with van der Waals surface area (Å²) in [5, 5.41) is 22.7. The molecule has 2 atom stereocenters. The molecule has 140 valence electrons. The molecule has 0 bridgehead atoms. The highest BCUT2D eigenvalue weighted by molar-refractivity contribution is 6.00. The first kappa shape index (κ1) is 18.0. The number of pyridine rings is 1. The molecule has 1 aliphatic rings. The molecule has 1 saturated carbocycles. The summed E-state index contributed by atoms with van der Waals surface area (Å²) >= 11 is 0. The molecule has 2 aromatic carbocycles. The minimum Gasteiger partial charge on any atom is -0.398 e. The Hall–Kier alpha value is -3.43. The van der Waals surface area contributed by atoms with Crippen molar-refractivity contribution in [2.24, 2.45) is 11.8 Å². The number of hydrogen-bond donors (Lipinski definition) is 3. The first-order chi connectivity index (χ1) is 13.6. The third-order valence-corrected chi connectivity index (χ3v) is 5.12. The van der Waals surface area contributed by atoms with Gasteiger partial charge in [0.05, 0.1) is 17.9 Å². The second-order valence-corrected chi connectivity index (χ2v) is 7.05. The first-order valence-corrected chi connectivity index (χ1v) is 9.19. The van der Waals surface area contributed by atoms with Crippen LogP contribution in [0.5, 0.6) is 0 Å². The van der Waals surface area contributed by atoms with Crippen molar-refractivity contribution in [3.05, 3.63) is 54.2 Å². The van der Waals surface area contributed by atoms with Gasteiger partial charge in [-0.15, -0.1) is 0 Å². The van der Waals surface area contributed by atoms with Gasteiger partial charge < -0.3 is 16.2 Å². The summed E-state index contributed by atoms with van der Waals surface area (Å²) in [5.74, 6) is -0.160. The Balaban J connectivity index is 1.69. The monoisotopic (exact) mass is 372 g/mol. The number of hydrogen-bond acceptors (Lipinski definition) is 5. The normalized spacial score (nSPS) is 17.9. The van der Waals surface area contributed by atoms with Crippen molar-refractivity contribution in [2.75, 3.05) is 17.7 Å². The predicted octanol–water partition coefficient (Wildman–Crippen LogP) is 3.12. The smallest absolute Gasteiger partial charge is 0.230 e. The first-order valence-electron chi connectivity index (χ1n) is 9.19. The molecule has 1 aliphatic carbocycles. The molecule has 1 fully saturated rings. The zero-order valence-corrected chi connectivity index (χ0v) is 15.2. The van der Waals surface area contributed by atoms with Crippen molar-refractivity contribution in [1.29, 1.82) is 5.26 Å². The summed E-state index contributed by atoms with van der Waals surface area (Å²) in [6.07, 6.45) is 2.82. The average Bonchev–Trinajstić information content (AvgIpc) is 3.48. The van der Waals surface area contributed by atoms with Gasteiger partial charge in [0.2, 0.25) is 5.91 Å². The van der Waals surface area contributed by atoms with E-state index in [0.29, 0.717) is 24.3 Å². The predicted molar refractivity (Wildman–Crippen MR) is 108 cm³/mol. The number of anilines is 2. The van der Waals surface area contributed by atoms with Gasteiger partial charge in [0.25, 0.3) is 0 Å². The Morgan fingerprint density at radius 2 is 2.14 bits per heavy atom. The van der Waals surface area contributed by atoms with Gasteiger partial charge >= 0.3 is 0 Å². The Kier molecular flexibility index (Phi) is 4.68. The summed E-state index contributed by atoms with van der Waals surface area (Å²) < 4.78 is 0. The van der Waals surface area contributed by atoms with Crippen LogP contribution in [-0.2, 0) is 11.2 Å². The van der Waals surface area contributed by atoms with Crippen LogP contribution >= 0.6 is 0 Å². The highest BCUT2D eigenvalue weighted by Crippen LogP contribution is 2.38. The van der Waals surface area contributed by atoms with Crippen LogP contribution in [0.15, 0.2) is 48.7 Å². The number of benzene rings is 2. The van der Waals surface area contributed by atoms with Crippen LogP contribution < -0.4 is 11.1 Å². The van der Waals surface area contributed by atoms with Gasteiger partial charge in [-0.1, -0.05) is 24.3 Å². The largest absolute Gasteiger partial charge is 0.398 e. The third-order valence-electron chi connectivity index (χ3n) is 5.12. The Morgan fingerprint density at radius 3 is 2.89 bits per heavy atom. The van der Waals surface area contributed by atoms with Crippen molar-refractivity contribution in [1.82, 2.24) is 4.98 Å². The number of amides is 1. The number of carbonyl (C=O) groups excluding carboxylic acids is 1. The fourth-order valence-electron chi connectivity index (χ4n) is 3.50. The van der Waals surface area contributed by atoms with E-state index in [4.69, 9.17) is 11.0 Å². The van der Waals surface area contributed by atoms with E-state index < -0.39 is 0 Å². The van der Waals surface area contributed by atoms with E-state index in [2.05, 4.69) is 16.4 Å². The average molecular weight is 372 g/mol. The van der Waals surface area contributed by atoms with Crippen LogP contribution in [0.3, 0.4) is 0 Å². The van der Waals surface area contributed by atoms with Gasteiger partial charge in [-0.25, -0.2) is 4.98 Å². The van der Waals surface area contributed by atoms with Crippen molar-refractivity contribution in [3.63, 3.8) is 0 Å². The second-order valence-electron chi connectivity index (χ2n) is 7.05. The fraction of sp³-hybridized carbons (Fsp3) is 0.227. The number of aliphatic hydroxyl groups excluding tert-OH is 1. The number of nitrogens with zero attached hydrogens (tertiary/aromatic N) is 2. The lowest BCUT2D eigenvalue weighted by molar-refractivity contribution is -0.117. The van der Waals surface area contributed by atoms with Crippen molar-refractivity contribution in [3.8, 4) is 17.2 Å². The lowest BCUT2D eigenvalue weighted by Crippen LogP contribution is -2.15. The summed E-state index contributed by atoms with van der Waals surface area (Å²) in [4.78, 5) is 16.5. The van der Waals surface area contributed by atoms with E-state index in [1.165, 1.54) is 0 Å². The van der Waals surface area contributed by atoms with Gasteiger partial charge in [0, 0.05) is 23.9 Å². The number of rotatable bonds is 5. The van der Waals surface area contributed by atoms with Crippen molar-refractivity contribution < 1.29 is 9.90 Å². The van der Waals surface area contributed by atoms with E-state index in [0.717, 1.165) is 27.5 Å². The van der Waals surface area contributed by atoms with E-state index in [1.54, 1.807) is 12.3 Å². The molecule has 0 spiro atoms. The Labute approximate surface area is 162 Å². The number of aromatic nitrogens is 1. The van der Waals surface area contributed by atoms with Gasteiger partial charge in [-0.05, 0) is 53.1 Å². The number of fused-ring (bicyclic) bond motifs is 1. The van der Waals surface area contributed by atoms with Crippen molar-refractivity contribution in [2.45, 2.75) is 12.8 Å². The molecule has 4 N–H and O–H groups in total. The molecule has 4 rings (SSSR count). The lowest BCUT2D eigenvalue weighted by atomic mass is 9.95. The van der Waals surface area contributed by atoms with E-state index in [-0.39, 0.29) is 24.3 Å². The minimum atomic E-state index is -0.246. The van der Waals surface area contributed by atoms with Gasteiger partial charge in [-0.2, -0.15) is 5.26 Å². The molecular formula is C22H20N4O2. The molecule has 0 unspecified atom stereocenters. The zero-order valence-electron chi connectivity index (χ0n) is 15.2. The number of nitrogen functional groups attached to an aromatic ring is 1. The van der Waals surface area contributed by atoms with Gasteiger partial charge in [0.1, 0.15) is 5.82 Å². The van der Waals surface area contributed by atoms with Gasteiger partial charge in [-0.3, -0.25) is 4.79 Å². The standard InChI is InChI=1S/C22H20N4O2/c23-11-16-8-18(16)22(28)26-21-10-15-7-14(9-20(24)19(15)12-25-21)17-4-2-1-3-13(17)5-6-27/h1-4,7,9-10,12,16,18,27H,5-6,8,24H2,(H,25,26,28)/t16-,18+/m1/s1. The number of nitrogens with one attached hydrogen (secondary N) is 1. The van der Waals surface area contributed by atoms with Crippen LogP contribution in [0.4, 0.5) is 11.5 Å². The van der Waals surface area contributed by atoms with Crippen LogP contribution in [0, 0.1) is 23.2 Å². The zero-order chi connectivity index (χ0) is 19.7. The van der Waals surface area contributed by atoms with E-state index in [9.17, 15) is 9.90 Å². The Bertz CT molecular complexity index is 1100. The van der Waals surface area contributed by atoms with Crippen LogP contribution in [0.25, 0.3) is 21.9 Å².